The molecule has 3 rings (SSSR count). The molecule has 0 bridgehead atoms. The molecule has 1 unspecified atom stereocenters. The van der Waals surface area contributed by atoms with Gasteiger partial charge in [-0.05, 0) is 36.1 Å². The van der Waals surface area contributed by atoms with Gasteiger partial charge in [-0.2, -0.15) is 0 Å². The summed E-state index contributed by atoms with van der Waals surface area (Å²) in [7, 11) is 1.37. The summed E-state index contributed by atoms with van der Waals surface area (Å²) in [4.78, 5) is 28.8. The predicted octanol–water partition coefficient (Wildman–Crippen LogP) is 3.36. The highest BCUT2D eigenvalue weighted by molar-refractivity contribution is 7.14. The van der Waals surface area contributed by atoms with Gasteiger partial charge in [0.2, 0.25) is 0 Å². The Bertz CT molecular complexity index is 781. The van der Waals surface area contributed by atoms with Crippen molar-refractivity contribution >= 4 is 23.2 Å². The van der Waals surface area contributed by atoms with Crippen molar-refractivity contribution in [3.63, 3.8) is 0 Å². The molecule has 1 aromatic heterocycles. The van der Waals surface area contributed by atoms with Gasteiger partial charge in [0.05, 0.1) is 12.0 Å². The van der Waals surface area contributed by atoms with E-state index in [0.29, 0.717) is 17.8 Å². The number of methoxy groups -OCH3 is 1. The fraction of sp³-hybridized carbons (Fsp3) is 0.368. The summed E-state index contributed by atoms with van der Waals surface area (Å²) in [6.07, 6.45) is 1.41. The van der Waals surface area contributed by atoms with Crippen LogP contribution in [-0.2, 0) is 28.9 Å². The molecule has 2 aromatic rings. The summed E-state index contributed by atoms with van der Waals surface area (Å²) < 4.78 is 4.94. The summed E-state index contributed by atoms with van der Waals surface area (Å²) in [6.45, 7) is 4.55. The van der Waals surface area contributed by atoms with Crippen molar-refractivity contribution in [2.45, 2.75) is 39.3 Å². The van der Waals surface area contributed by atoms with Crippen LogP contribution in [0, 0.1) is 6.92 Å². The third-order valence-corrected chi connectivity index (χ3v) is 5.90. The van der Waals surface area contributed by atoms with Gasteiger partial charge in [-0.3, -0.25) is 4.79 Å². The quantitative estimate of drug-likeness (QED) is 0.803. The molecule has 4 nitrogen and oxygen atoms in total. The first-order valence-electron chi connectivity index (χ1n) is 8.10. The smallest absolute Gasteiger partial charge is 0.328 e. The molecular formula is C19H21NO3S. The maximum Gasteiger partial charge on any atom is 0.328 e. The second-order valence-electron chi connectivity index (χ2n) is 6.02. The van der Waals surface area contributed by atoms with E-state index in [1.165, 1.54) is 23.3 Å². The minimum Gasteiger partial charge on any atom is -0.467 e. The zero-order valence-electron chi connectivity index (χ0n) is 14.2. The van der Waals surface area contributed by atoms with Crippen LogP contribution in [0.25, 0.3) is 0 Å². The van der Waals surface area contributed by atoms with Gasteiger partial charge < -0.3 is 9.64 Å². The second-order valence-corrected chi connectivity index (χ2v) is 7.15. The highest BCUT2D eigenvalue weighted by Crippen LogP contribution is 2.29. The largest absolute Gasteiger partial charge is 0.467 e. The van der Waals surface area contributed by atoms with Gasteiger partial charge in [0, 0.05) is 17.8 Å². The number of ether oxygens (including phenoxy) is 1. The molecule has 0 aliphatic carbocycles. The minimum atomic E-state index is -0.565. The molecule has 0 fully saturated rings. The molecule has 24 heavy (non-hydrogen) atoms. The Labute approximate surface area is 146 Å². The van der Waals surface area contributed by atoms with Crippen LogP contribution in [0.3, 0.4) is 0 Å². The summed E-state index contributed by atoms with van der Waals surface area (Å²) in [5.41, 5.74) is 3.33. The molecular weight excluding hydrogens is 322 g/mol. The number of hydrogen-bond acceptors (Lipinski definition) is 4. The lowest BCUT2D eigenvalue weighted by atomic mass is 9.93. The van der Waals surface area contributed by atoms with Gasteiger partial charge in [-0.15, -0.1) is 11.3 Å². The van der Waals surface area contributed by atoms with Crippen molar-refractivity contribution < 1.29 is 14.3 Å². The van der Waals surface area contributed by atoms with E-state index in [4.69, 9.17) is 4.74 Å². The number of rotatable bonds is 3. The fourth-order valence-electron chi connectivity index (χ4n) is 3.20. The summed E-state index contributed by atoms with van der Waals surface area (Å²) in [6, 6.07) is 9.31. The molecule has 1 aliphatic rings. The normalized spacial score (nSPS) is 16.6. The van der Waals surface area contributed by atoms with E-state index >= 15 is 0 Å². The number of fused-ring (bicyclic) bond motifs is 1. The van der Waals surface area contributed by atoms with E-state index in [-0.39, 0.29) is 11.9 Å². The monoisotopic (exact) mass is 343 g/mol. The number of hydrogen-bond donors (Lipinski definition) is 0. The summed E-state index contributed by atoms with van der Waals surface area (Å²) in [5.74, 6) is -0.449. The van der Waals surface area contributed by atoms with Crippen LogP contribution in [0.4, 0.5) is 0 Å². The van der Waals surface area contributed by atoms with Crippen LogP contribution >= 0.6 is 11.3 Å². The molecule has 1 amide bonds. The van der Waals surface area contributed by atoms with Crippen LogP contribution in [0.2, 0.25) is 0 Å². The standard InChI is InChI=1S/C19H21NO3S/c1-4-16-12(2)9-17(24-16)18(21)20-11-14-8-6-5-7-13(14)10-15(20)19(22)23-3/h5-9,15H,4,10-11H2,1-3H3. The van der Waals surface area contributed by atoms with Crippen molar-refractivity contribution in [2.24, 2.45) is 0 Å². The molecule has 1 aliphatic heterocycles. The van der Waals surface area contributed by atoms with Crippen molar-refractivity contribution in [1.82, 2.24) is 4.90 Å². The molecule has 0 saturated heterocycles. The van der Waals surface area contributed by atoms with Crippen molar-refractivity contribution in [2.75, 3.05) is 7.11 Å². The van der Waals surface area contributed by atoms with Crippen molar-refractivity contribution in [1.29, 1.82) is 0 Å². The number of carbonyl (C=O) groups excluding carboxylic acids is 2. The summed E-state index contributed by atoms with van der Waals surface area (Å²) in [5, 5.41) is 0. The lowest BCUT2D eigenvalue weighted by Crippen LogP contribution is -2.49. The number of nitrogens with zero attached hydrogens (tertiary/aromatic N) is 1. The SMILES string of the molecule is CCc1sc(C(=O)N2Cc3ccccc3CC2C(=O)OC)cc1C. The third-order valence-electron chi connectivity index (χ3n) is 4.54. The van der Waals surface area contributed by atoms with Gasteiger partial charge in [-0.1, -0.05) is 31.2 Å². The van der Waals surface area contributed by atoms with Gasteiger partial charge in [0.25, 0.3) is 5.91 Å². The molecule has 0 saturated carbocycles. The Morgan fingerprint density at radius 2 is 2.00 bits per heavy atom. The zero-order valence-corrected chi connectivity index (χ0v) is 15.0. The maximum atomic E-state index is 13.1. The molecule has 5 heteroatoms. The predicted molar refractivity (Wildman–Crippen MR) is 94.3 cm³/mol. The van der Waals surface area contributed by atoms with E-state index in [0.717, 1.165) is 23.1 Å². The van der Waals surface area contributed by atoms with Crippen LogP contribution in [0.15, 0.2) is 30.3 Å². The number of benzene rings is 1. The Morgan fingerprint density at radius 1 is 1.29 bits per heavy atom. The van der Waals surface area contributed by atoms with Gasteiger partial charge in [0.1, 0.15) is 6.04 Å². The van der Waals surface area contributed by atoms with Gasteiger partial charge >= 0.3 is 5.97 Å². The Morgan fingerprint density at radius 3 is 2.62 bits per heavy atom. The topological polar surface area (TPSA) is 46.6 Å². The number of esters is 1. The van der Waals surface area contributed by atoms with Crippen LogP contribution in [0.1, 0.15) is 38.2 Å². The third kappa shape index (κ3) is 2.96. The summed E-state index contributed by atoms with van der Waals surface area (Å²) >= 11 is 1.52. The lowest BCUT2D eigenvalue weighted by Gasteiger charge is -2.34. The van der Waals surface area contributed by atoms with E-state index < -0.39 is 6.04 Å². The maximum absolute atomic E-state index is 13.1. The van der Waals surface area contributed by atoms with Crippen LogP contribution in [0.5, 0.6) is 0 Å². The Hall–Kier alpha value is -2.14. The van der Waals surface area contributed by atoms with Crippen molar-refractivity contribution in [3.05, 3.63) is 56.8 Å². The second kappa shape index (κ2) is 6.77. The zero-order chi connectivity index (χ0) is 17.3. The molecule has 2 heterocycles. The molecule has 126 valence electrons. The number of amides is 1. The minimum absolute atomic E-state index is 0.0901. The van der Waals surface area contributed by atoms with E-state index in [1.54, 1.807) is 4.90 Å². The highest BCUT2D eigenvalue weighted by Gasteiger charge is 2.36. The van der Waals surface area contributed by atoms with E-state index in [1.807, 2.05) is 37.3 Å². The van der Waals surface area contributed by atoms with Gasteiger partial charge in [0.15, 0.2) is 0 Å². The van der Waals surface area contributed by atoms with Gasteiger partial charge in [-0.25, -0.2) is 4.79 Å². The first kappa shape index (κ1) is 16.7. The molecule has 1 aromatic carbocycles. The van der Waals surface area contributed by atoms with E-state index in [2.05, 4.69) is 6.92 Å². The molecule has 0 N–H and O–H groups in total. The van der Waals surface area contributed by atoms with Crippen LogP contribution in [-0.4, -0.2) is 29.9 Å². The fourth-order valence-corrected chi connectivity index (χ4v) is 4.27. The molecule has 0 radical (unpaired) electrons. The average Bonchev–Trinajstić information content (AvgIpc) is 3.00. The first-order chi connectivity index (χ1) is 11.5. The highest BCUT2D eigenvalue weighted by atomic mass is 32.1. The van der Waals surface area contributed by atoms with Crippen LogP contribution < -0.4 is 0 Å². The van der Waals surface area contributed by atoms with E-state index in [9.17, 15) is 9.59 Å². The first-order valence-corrected chi connectivity index (χ1v) is 8.91. The Balaban J connectivity index is 1.96. The number of carbonyl (C=O) groups is 2. The number of thiophene rings is 1. The average molecular weight is 343 g/mol. The molecule has 0 spiro atoms. The Kier molecular flexibility index (Phi) is 4.71. The lowest BCUT2D eigenvalue weighted by molar-refractivity contribution is -0.146. The van der Waals surface area contributed by atoms with Crippen molar-refractivity contribution in [3.8, 4) is 0 Å². The molecule has 1 atom stereocenters. The number of aryl methyl sites for hydroxylation is 2.